The second-order valence-corrected chi connectivity index (χ2v) is 5.75. The number of hydrogen-bond donors (Lipinski definition) is 2. The van der Waals surface area contributed by atoms with E-state index in [9.17, 15) is 4.79 Å². The number of rotatable bonds is 2. The number of carbonyl (C=O) groups excluding carboxylic acids is 1. The van der Waals surface area contributed by atoms with E-state index >= 15 is 0 Å². The van der Waals surface area contributed by atoms with Gasteiger partial charge in [-0.25, -0.2) is 0 Å². The fourth-order valence-electron chi connectivity index (χ4n) is 2.33. The molecule has 2 aromatic rings. The number of carbonyl (C=O) groups is 1. The third-order valence-electron chi connectivity index (χ3n) is 3.28. The average Bonchev–Trinajstić information content (AvgIpc) is 2.84. The van der Waals surface area contributed by atoms with E-state index in [1.807, 2.05) is 24.3 Å². The summed E-state index contributed by atoms with van der Waals surface area (Å²) in [5.74, 6) is 0.0601. The fourth-order valence-corrected chi connectivity index (χ4v) is 3.29. The lowest BCUT2D eigenvalue weighted by atomic mass is 10.1. The smallest absolute Gasteiger partial charge is 0.261 e. The zero-order valence-corrected chi connectivity index (χ0v) is 10.9. The van der Waals surface area contributed by atoms with E-state index in [2.05, 4.69) is 16.7 Å². The Morgan fingerprint density at radius 1 is 1.39 bits per heavy atom. The molecule has 3 nitrogen and oxygen atoms in total. The number of thiophene rings is 1. The van der Waals surface area contributed by atoms with Gasteiger partial charge in [0.05, 0.1) is 4.88 Å². The largest absolute Gasteiger partial charge is 0.347 e. The molecule has 0 bridgehead atoms. The van der Waals surface area contributed by atoms with Gasteiger partial charge in [0, 0.05) is 17.3 Å². The van der Waals surface area contributed by atoms with Crippen molar-refractivity contribution < 1.29 is 4.79 Å². The molecular formula is C14H16N2OS. The maximum atomic E-state index is 12.2. The summed E-state index contributed by atoms with van der Waals surface area (Å²) in [4.78, 5) is 13.0. The Kier molecular flexibility index (Phi) is 3.30. The van der Waals surface area contributed by atoms with Gasteiger partial charge in [0.25, 0.3) is 5.91 Å². The Hall–Kier alpha value is -1.39. The van der Waals surface area contributed by atoms with Crippen LogP contribution in [0.4, 0.5) is 0 Å². The molecule has 1 aliphatic rings. The molecule has 1 aromatic carbocycles. The minimum Gasteiger partial charge on any atom is -0.347 e. The monoisotopic (exact) mass is 260 g/mol. The Balaban J connectivity index is 1.74. The van der Waals surface area contributed by atoms with Gasteiger partial charge < -0.3 is 10.6 Å². The van der Waals surface area contributed by atoms with Crippen LogP contribution >= 0.6 is 11.3 Å². The first-order chi connectivity index (χ1) is 8.83. The Labute approximate surface area is 110 Å². The van der Waals surface area contributed by atoms with E-state index in [0.29, 0.717) is 0 Å². The average molecular weight is 260 g/mol. The second-order valence-electron chi connectivity index (χ2n) is 4.67. The number of fused-ring (bicyclic) bond motifs is 1. The van der Waals surface area contributed by atoms with Crippen LogP contribution in [0, 0.1) is 0 Å². The van der Waals surface area contributed by atoms with Crippen LogP contribution in [-0.4, -0.2) is 25.0 Å². The van der Waals surface area contributed by atoms with Crippen LogP contribution < -0.4 is 10.6 Å². The zero-order valence-electron chi connectivity index (χ0n) is 10.1. The van der Waals surface area contributed by atoms with Crippen LogP contribution in [-0.2, 0) is 0 Å². The molecule has 0 radical (unpaired) electrons. The Morgan fingerprint density at radius 3 is 3.06 bits per heavy atom. The molecule has 1 aliphatic heterocycles. The van der Waals surface area contributed by atoms with Gasteiger partial charge in [-0.15, -0.1) is 11.3 Å². The van der Waals surface area contributed by atoms with Crippen LogP contribution in [0.15, 0.2) is 30.3 Å². The highest BCUT2D eigenvalue weighted by Gasteiger charge is 2.17. The first-order valence-corrected chi connectivity index (χ1v) is 7.15. The summed E-state index contributed by atoms with van der Waals surface area (Å²) in [5, 5.41) is 7.56. The lowest BCUT2D eigenvalue weighted by molar-refractivity contribution is 0.0935. The second kappa shape index (κ2) is 5.08. The van der Waals surface area contributed by atoms with Crippen LogP contribution in [0.1, 0.15) is 22.5 Å². The molecule has 0 unspecified atom stereocenters. The topological polar surface area (TPSA) is 41.1 Å². The maximum Gasteiger partial charge on any atom is 0.261 e. The molecule has 94 valence electrons. The molecule has 0 spiro atoms. The third kappa shape index (κ3) is 2.40. The highest BCUT2D eigenvalue weighted by atomic mass is 32.1. The molecule has 2 N–H and O–H groups in total. The van der Waals surface area contributed by atoms with Gasteiger partial charge in [0.1, 0.15) is 0 Å². The van der Waals surface area contributed by atoms with E-state index in [4.69, 9.17) is 0 Å². The predicted octanol–water partition coefficient (Wildman–Crippen LogP) is 2.38. The first kappa shape index (κ1) is 11.7. The van der Waals surface area contributed by atoms with Crippen molar-refractivity contribution in [3.8, 4) is 0 Å². The Bertz CT molecular complexity index is 525. The van der Waals surface area contributed by atoms with E-state index in [1.54, 1.807) is 11.3 Å². The lowest BCUT2D eigenvalue weighted by Crippen LogP contribution is -2.45. The predicted molar refractivity (Wildman–Crippen MR) is 75.2 cm³/mol. The zero-order chi connectivity index (χ0) is 12.4. The molecule has 2 heterocycles. The van der Waals surface area contributed by atoms with Gasteiger partial charge in [-0.05, 0) is 36.9 Å². The summed E-state index contributed by atoms with van der Waals surface area (Å²) in [6.07, 6.45) is 2.21. The molecule has 1 fully saturated rings. The molecule has 0 saturated carbocycles. The van der Waals surface area contributed by atoms with E-state index in [-0.39, 0.29) is 11.9 Å². The number of hydrogen-bond acceptors (Lipinski definition) is 3. The highest BCUT2D eigenvalue weighted by Crippen LogP contribution is 2.25. The molecule has 4 heteroatoms. The van der Waals surface area contributed by atoms with Gasteiger partial charge >= 0.3 is 0 Å². The summed E-state index contributed by atoms with van der Waals surface area (Å²) in [5.41, 5.74) is 0. The first-order valence-electron chi connectivity index (χ1n) is 6.33. The standard InChI is InChI=1S/C14H16N2OS/c17-14(16-11-5-3-7-15-9-11)13-8-10-4-1-2-6-12(10)18-13/h1-2,4,6,8,11,15H,3,5,7,9H2,(H,16,17)/t11-/m1/s1. The normalized spacial score (nSPS) is 19.9. The van der Waals surface area contributed by atoms with Gasteiger partial charge in [-0.2, -0.15) is 0 Å². The summed E-state index contributed by atoms with van der Waals surface area (Å²) in [6.45, 7) is 1.95. The van der Waals surface area contributed by atoms with Crippen molar-refractivity contribution >= 4 is 27.3 Å². The number of benzene rings is 1. The summed E-state index contributed by atoms with van der Waals surface area (Å²) in [7, 11) is 0. The molecule has 18 heavy (non-hydrogen) atoms. The maximum absolute atomic E-state index is 12.2. The van der Waals surface area contributed by atoms with E-state index in [0.717, 1.165) is 36.2 Å². The Morgan fingerprint density at radius 2 is 2.28 bits per heavy atom. The fraction of sp³-hybridized carbons (Fsp3) is 0.357. The van der Waals surface area contributed by atoms with Crippen molar-refractivity contribution in [3.05, 3.63) is 35.2 Å². The molecule has 1 aromatic heterocycles. The van der Waals surface area contributed by atoms with Crippen LogP contribution in [0.25, 0.3) is 10.1 Å². The molecular weight excluding hydrogens is 244 g/mol. The van der Waals surface area contributed by atoms with Gasteiger partial charge in [-0.1, -0.05) is 18.2 Å². The van der Waals surface area contributed by atoms with Crippen molar-refractivity contribution in [2.75, 3.05) is 13.1 Å². The molecule has 1 amide bonds. The quantitative estimate of drug-likeness (QED) is 0.870. The van der Waals surface area contributed by atoms with Gasteiger partial charge in [-0.3, -0.25) is 4.79 Å². The number of nitrogens with one attached hydrogen (secondary N) is 2. The van der Waals surface area contributed by atoms with Crippen molar-refractivity contribution in [3.63, 3.8) is 0 Å². The number of amides is 1. The molecule has 1 atom stereocenters. The summed E-state index contributed by atoms with van der Waals surface area (Å²) < 4.78 is 1.17. The molecule has 0 aliphatic carbocycles. The summed E-state index contributed by atoms with van der Waals surface area (Å²) >= 11 is 1.56. The number of piperidine rings is 1. The third-order valence-corrected chi connectivity index (χ3v) is 4.40. The van der Waals surface area contributed by atoms with Crippen LogP contribution in [0.5, 0.6) is 0 Å². The SMILES string of the molecule is O=C(N[C@@H]1CCCNC1)c1cc2ccccc2s1. The van der Waals surface area contributed by atoms with Crippen molar-refractivity contribution in [2.45, 2.75) is 18.9 Å². The van der Waals surface area contributed by atoms with Gasteiger partial charge in [0.15, 0.2) is 0 Å². The van der Waals surface area contributed by atoms with E-state index in [1.165, 1.54) is 4.70 Å². The van der Waals surface area contributed by atoms with Crippen LogP contribution in [0.3, 0.4) is 0 Å². The van der Waals surface area contributed by atoms with E-state index < -0.39 is 0 Å². The van der Waals surface area contributed by atoms with Crippen molar-refractivity contribution in [2.24, 2.45) is 0 Å². The van der Waals surface area contributed by atoms with Crippen molar-refractivity contribution in [1.82, 2.24) is 10.6 Å². The van der Waals surface area contributed by atoms with Crippen LogP contribution in [0.2, 0.25) is 0 Å². The summed E-state index contributed by atoms with van der Waals surface area (Å²) in [6, 6.07) is 10.4. The molecule has 1 saturated heterocycles. The molecule has 3 rings (SSSR count). The van der Waals surface area contributed by atoms with Gasteiger partial charge in [0.2, 0.25) is 0 Å². The minimum absolute atomic E-state index is 0.0601. The lowest BCUT2D eigenvalue weighted by Gasteiger charge is -2.23. The van der Waals surface area contributed by atoms with Crippen molar-refractivity contribution in [1.29, 1.82) is 0 Å². The minimum atomic E-state index is 0.0601. The highest BCUT2D eigenvalue weighted by molar-refractivity contribution is 7.20.